The van der Waals surface area contributed by atoms with E-state index in [0.717, 1.165) is 4.57 Å². The molecule has 0 spiro atoms. The number of carbonyl (C=O) groups excluding carboxylic acids is 1. The summed E-state index contributed by atoms with van der Waals surface area (Å²) in [6, 6.07) is 12.6. The highest BCUT2D eigenvalue weighted by Crippen LogP contribution is 2.21. The lowest BCUT2D eigenvalue weighted by atomic mass is 10.2. The summed E-state index contributed by atoms with van der Waals surface area (Å²) in [4.78, 5) is 25.1. The number of benzene rings is 2. The molecule has 0 saturated carbocycles. The maximum atomic E-state index is 13.1. The van der Waals surface area contributed by atoms with Gasteiger partial charge < -0.3 is 4.74 Å². The number of methoxy groups -OCH3 is 1. The number of hydrogen-bond acceptors (Lipinski definition) is 5. The van der Waals surface area contributed by atoms with Crippen molar-refractivity contribution in [2.24, 2.45) is 0 Å². The van der Waals surface area contributed by atoms with Crippen molar-refractivity contribution in [3.05, 3.63) is 64.6 Å². The quantitative estimate of drug-likeness (QED) is 0.706. The van der Waals surface area contributed by atoms with Crippen molar-refractivity contribution >= 4 is 27.0 Å². The zero-order chi connectivity index (χ0) is 18.2. The van der Waals surface area contributed by atoms with Crippen LogP contribution in [0.4, 0.5) is 0 Å². The van der Waals surface area contributed by atoms with Gasteiger partial charge in [-0.15, -0.1) is 0 Å². The second-order valence-electron chi connectivity index (χ2n) is 5.47. The molecule has 130 valence electrons. The van der Waals surface area contributed by atoms with Crippen molar-refractivity contribution in [1.82, 2.24) is 8.54 Å². The predicted octanol–water partition coefficient (Wildman–Crippen LogP) is 1.64. The molecule has 3 rings (SSSR count). The summed E-state index contributed by atoms with van der Waals surface area (Å²) in [7, 11) is -2.84. The Hall–Kier alpha value is -2.71. The van der Waals surface area contributed by atoms with E-state index >= 15 is 0 Å². The lowest BCUT2D eigenvalue weighted by molar-refractivity contribution is 0.0763. The van der Waals surface area contributed by atoms with Crippen LogP contribution in [-0.4, -0.2) is 36.6 Å². The van der Waals surface area contributed by atoms with Gasteiger partial charge in [0.25, 0.3) is 15.9 Å². The first kappa shape index (κ1) is 17.1. The molecule has 1 aromatic heterocycles. The van der Waals surface area contributed by atoms with Gasteiger partial charge in [0.1, 0.15) is 6.61 Å². The van der Waals surface area contributed by atoms with Gasteiger partial charge in [-0.2, -0.15) is 3.97 Å². The van der Waals surface area contributed by atoms with Gasteiger partial charge in [-0.05, 0) is 30.7 Å². The van der Waals surface area contributed by atoms with E-state index in [2.05, 4.69) is 0 Å². The average molecular weight is 360 g/mol. The van der Waals surface area contributed by atoms with E-state index in [1.165, 1.54) is 25.3 Å². The Labute approximate surface area is 144 Å². The Balaban J connectivity index is 2.39. The number of ether oxygens (including phenoxy) is 1. The molecule has 1 heterocycles. The molecule has 0 saturated heterocycles. The van der Waals surface area contributed by atoms with Crippen molar-refractivity contribution in [2.45, 2.75) is 11.8 Å². The lowest BCUT2D eigenvalue weighted by Crippen LogP contribution is -2.34. The first-order valence-corrected chi connectivity index (χ1v) is 8.89. The van der Waals surface area contributed by atoms with Crippen LogP contribution in [0.5, 0.6) is 0 Å². The summed E-state index contributed by atoms with van der Waals surface area (Å²) >= 11 is 0. The molecule has 8 heteroatoms. The number of rotatable bonds is 4. The zero-order valence-electron chi connectivity index (χ0n) is 13.7. The molecule has 0 bridgehead atoms. The minimum absolute atomic E-state index is 0.0131. The number of aromatic nitrogens is 2. The second-order valence-corrected chi connectivity index (χ2v) is 7.22. The van der Waals surface area contributed by atoms with E-state index in [0.29, 0.717) is 9.54 Å². The monoisotopic (exact) mass is 360 g/mol. The highest BCUT2D eigenvalue weighted by molar-refractivity contribution is 7.90. The Morgan fingerprint density at radius 2 is 1.64 bits per heavy atom. The topological polar surface area (TPSA) is 87.4 Å². The number of imidazole rings is 1. The number of nitrogens with zero attached hydrogens (tertiary/aromatic N) is 2. The van der Waals surface area contributed by atoms with Crippen molar-refractivity contribution in [3.8, 4) is 0 Å². The molecule has 0 unspecified atom stereocenters. The molecule has 0 atom stereocenters. The molecular formula is C17H16N2O5S. The molecule has 25 heavy (non-hydrogen) atoms. The van der Waals surface area contributed by atoms with Crippen molar-refractivity contribution in [2.75, 3.05) is 13.7 Å². The third-order valence-electron chi connectivity index (χ3n) is 3.84. The number of para-hydroxylation sites is 2. The summed E-state index contributed by atoms with van der Waals surface area (Å²) in [5.74, 6) is -0.637. The Morgan fingerprint density at radius 3 is 2.28 bits per heavy atom. The van der Waals surface area contributed by atoms with Gasteiger partial charge in [-0.3, -0.25) is 4.79 Å². The lowest BCUT2D eigenvalue weighted by Gasteiger charge is -2.08. The molecular weight excluding hydrogens is 344 g/mol. The van der Waals surface area contributed by atoms with Crippen molar-refractivity contribution in [3.63, 3.8) is 0 Å². The fourth-order valence-corrected chi connectivity index (χ4v) is 4.35. The number of hydrogen-bond donors (Lipinski definition) is 0. The number of aryl methyl sites for hydroxylation is 1. The van der Waals surface area contributed by atoms with Crippen molar-refractivity contribution in [1.29, 1.82) is 0 Å². The standard InChI is InChI=1S/C17H16N2O5S/c1-12-7-3-6-10-15(12)25(22,23)19-14-9-5-4-8-13(14)18(17(19)21)16(20)11-24-2/h3-10H,11H2,1-2H3. The van der Waals surface area contributed by atoms with Gasteiger partial charge in [0.15, 0.2) is 0 Å². The van der Waals surface area contributed by atoms with Crippen LogP contribution in [0, 0.1) is 6.92 Å². The predicted molar refractivity (Wildman–Crippen MR) is 92.5 cm³/mol. The van der Waals surface area contributed by atoms with E-state index in [1.807, 2.05) is 0 Å². The van der Waals surface area contributed by atoms with Gasteiger partial charge in [0.05, 0.1) is 15.9 Å². The maximum Gasteiger partial charge on any atom is 0.350 e. The fourth-order valence-electron chi connectivity index (χ4n) is 2.73. The SMILES string of the molecule is COCC(=O)n1c(=O)n(S(=O)(=O)c2ccccc2C)c2ccccc21. The van der Waals surface area contributed by atoms with Crippen LogP contribution in [0.25, 0.3) is 11.0 Å². The Bertz CT molecular complexity index is 1130. The first-order chi connectivity index (χ1) is 11.9. The van der Waals surface area contributed by atoms with Crippen LogP contribution >= 0.6 is 0 Å². The van der Waals surface area contributed by atoms with Crippen LogP contribution in [0.15, 0.2) is 58.2 Å². The third-order valence-corrected chi connectivity index (χ3v) is 5.68. The minimum Gasteiger partial charge on any atom is -0.375 e. The molecule has 3 aromatic rings. The smallest absolute Gasteiger partial charge is 0.350 e. The van der Waals surface area contributed by atoms with E-state index in [4.69, 9.17) is 4.74 Å². The van der Waals surface area contributed by atoms with Gasteiger partial charge in [-0.1, -0.05) is 30.3 Å². The van der Waals surface area contributed by atoms with Crippen LogP contribution < -0.4 is 5.69 Å². The Morgan fingerprint density at radius 1 is 1.04 bits per heavy atom. The number of carbonyl (C=O) groups is 1. The van der Waals surface area contributed by atoms with Gasteiger partial charge in [0, 0.05) is 7.11 Å². The summed E-state index contributed by atoms with van der Waals surface area (Å²) in [5, 5.41) is 0. The number of fused-ring (bicyclic) bond motifs is 1. The van der Waals surface area contributed by atoms with E-state index in [9.17, 15) is 18.0 Å². The Kier molecular flexibility index (Phi) is 4.32. The molecule has 0 radical (unpaired) electrons. The molecule has 0 fully saturated rings. The molecule has 0 aliphatic heterocycles. The van der Waals surface area contributed by atoms with Crippen molar-refractivity contribution < 1.29 is 17.9 Å². The molecule has 2 aromatic carbocycles. The van der Waals surface area contributed by atoms with Crippen LogP contribution in [0.1, 0.15) is 10.4 Å². The maximum absolute atomic E-state index is 13.1. The summed E-state index contributed by atoms with van der Waals surface area (Å²) in [6.45, 7) is 1.31. The van der Waals surface area contributed by atoms with Crippen LogP contribution in [0.3, 0.4) is 0 Å². The fraction of sp³-hybridized carbons (Fsp3) is 0.176. The minimum atomic E-state index is -4.16. The van der Waals surface area contributed by atoms with E-state index in [-0.39, 0.29) is 22.5 Å². The first-order valence-electron chi connectivity index (χ1n) is 7.45. The normalized spacial score (nSPS) is 11.8. The van der Waals surface area contributed by atoms with E-state index < -0.39 is 21.6 Å². The molecule has 0 aliphatic carbocycles. The average Bonchev–Trinajstić information content (AvgIpc) is 2.87. The summed E-state index contributed by atoms with van der Waals surface area (Å²) in [6.07, 6.45) is 0. The molecule has 0 N–H and O–H groups in total. The molecule has 7 nitrogen and oxygen atoms in total. The van der Waals surface area contributed by atoms with Crippen LogP contribution in [0.2, 0.25) is 0 Å². The van der Waals surface area contributed by atoms with Crippen LogP contribution in [-0.2, 0) is 14.8 Å². The van der Waals surface area contributed by atoms with Gasteiger partial charge in [0.2, 0.25) is 0 Å². The molecule has 0 aliphatic rings. The highest BCUT2D eigenvalue weighted by Gasteiger charge is 2.28. The summed E-state index contributed by atoms with van der Waals surface area (Å²) in [5.41, 5.74) is -0.0760. The second kappa shape index (κ2) is 6.30. The summed E-state index contributed by atoms with van der Waals surface area (Å²) < 4.78 is 32.5. The van der Waals surface area contributed by atoms with E-state index in [1.54, 1.807) is 37.3 Å². The third kappa shape index (κ3) is 2.69. The highest BCUT2D eigenvalue weighted by atomic mass is 32.2. The zero-order valence-corrected chi connectivity index (χ0v) is 14.5. The van der Waals surface area contributed by atoms with Gasteiger partial charge in [-0.25, -0.2) is 17.8 Å². The molecule has 0 amide bonds. The largest absolute Gasteiger partial charge is 0.375 e. The van der Waals surface area contributed by atoms with Gasteiger partial charge >= 0.3 is 5.69 Å².